The number of ketones is 1. The molecule has 0 saturated heterocycles. The molecular formula is C17H14N2O3. The van der Waals surface area contributed by atoms with E-state index >= 15 is 0 Å². The maximum absolute atomic E-state index is 12.4. The molecule has 0 N–H and O–H groups in total. The summed E-state index contributed by atoms with van der Waals surface area (Å²) in [4.78, 5) is 26.2. The fourth-order valence-electron chi connectivity index (χ4n) is 2.94. The highest BCUT2D eigenvalue weighted by molar-refractivity contribution is 6.16. The van der Waals surface area contributed by atoms with E-state index in [1.54, 1.807) is 11.8 Å². The van der Waals surface area contributed by atoms with Crippen molar-refractivity contribution < 1.29 is 14.3 Å². The van der Waals surface area contributed by atoms with E-state index < -0.39 is 5.97 Å². The molecule has 0 bridgehead atoms. The van der Waals surface area contributed by atoms with Crippen LogP contribution in [0.1, 0.15) is 19.4 Å². The highest BCUT2D eigenvalue weighted by atomic mass is 16.5. The minimum atomic E-state index is -0.503. The Morgan fingerprint density at radius 3 is 2.82 bits per heavy atom. The second-order valence-electron chi connectivity index (χ2n) is 5.08. The molecule has 0 atom stereocenters. The van der Waals surface area contributed by atoms with Crippen LogP contribution in [0.3, 0.4) is 0 Å². The van der Waals surface area contributed by atoms with Gasteiger partial charge in [0.2, 0.25) is 0 Å². The largest absolute Gasteiger partial charge is 0.462 e. The number of anilines is 1. The summed E-state index contributed by atoms with van der Waals surface area (Å²) in [7, 11) is 0. The van der Waals surface area contributed by atoms with E-state index in [-0.39, 0.29) is 24.5 Å². The molecule has 0 radical (unpaired) electrons. The molecule has 0 saturated carbocycles. The van der Waals surface area contributed by atoms with Crippen molar-refractivity contribution in [2.75, 3.05) is 18.1 Å². The number of ether oxygens (including phenoxy) is 1. The van der Waals surface area contributed by atoms with Crippen molar-refractivity contribution >= 4 is 23.0 Å². The van der Waals surface area contributed by atoms with Crippen molar-refractivity contribution in [1.29, 1.82) is 5.26 Å². The van der Waals surface area contributed by atoms with Crippen LogP contribution >= 0.6 is 0 Å². The van der Waals surface area contributed by atoms with Crippen molar-refractivity contribution in [2.45, 2.75) is 13.8 Å². The molecule has 0 spiro atoms. The number of nitrogens with zero attached hydrogens (tertiary/aromatic N) is 2. The average molecular weight is 294 g/mol. The summed E-state index contributed by atoms with van der Waals surface area (Å²) in [5.74, 6) is -0.777. The molecule has 2 heterocycles. The molecule has 0 amide bonds. The van der Waals surface area contributed by atoms with Gasteiger partial charge in [0.05, 0.1) is 24.4 Å². The first-order chi connectivity index (χ1) is 10.6. The lowest BCUT2D eigenvalue weighted by Gasteiger charge is -2.31. The average Bonchev–Trinajstić information content (AvgIpc) is 2.84. The van der Waals surface area contributed by atoms with Crippen LogP contribution in [0.2, 0.25) is 0 Å². The van der Waals surface area contributed by atoms with Crippen LogP contribution < -0.4 is 4.90 Å². The van der Waals surface area contributed by atoms with Gasteiger partial charge in [-0.3, -0.25) is 4.79 Å². The third-order valence-corrected chi connectivity index (χ3v) is 3.89. The maximum atomic E-state index is 12.4. The number of esters is 1. The van der Waals surface area contributed by atoms with Crippen LogP contribution in [0.4, 0.5) is 5.69 Å². The Hall–Kier alpha value is -2.87. The van der Waals surface area contributed by atoms with Crippen molar-refractivity contribution in [1.82, 2.24) is 0 Å². The quantitative estimate of drug-likeness (QED) is 0.782. The second-order valence-corrected chi connectivity index (χ2v) is 5.08. The van der Waals surface area contributed by atoms with Gasteiger partial charge in [0.25, 0.3) is 0 Å². The van der Waals surface area contributed by atoms with Gasteiger partial charge in [0.1, 0.15) is 11.6 Å². The summed E-state index contributed by atoms with van der Waals surface area (Å²) < 4.78 is 5.12. The topological polar surface area (TPSA) is 70.4 Å². The van der Waals surface area contributed by atoms with Gasteiger partial charge in [-0.2, -0.15) is 5.26 Å². The first-order valence-electron chi connectivity index (χ1n) is 7.03. The van der Waals surface area contributed by atoms with Gasteiger partial charge in [-0.1, -0.05) is 18.2 Å². The van der Waals surface area contributed by atoms with Crippen molar-refractivity contribution in [2.24, 2.45) is 0 Å². The molecule has 0 aromatic heterocycles. The standard InChI is InChI=1S/C17H14N2O3/c1-3-22-17(21)15-10(2)11-6-4-5-7-13(11)19-9-14(20)12(8-18)16(15)19/h4-7H,3,9H2,1-2H3. The van der Waals surface area contributed by atoms with Gasteiger partial charge in [-0.15, -0.1) is 0 Å². The molecule has 1 aromatic carbocycles. The Labute approximate surface area is 128 Å². The molecule has 0 aliphatic carbocycles. The molecule has 3 rings (SSSR count). The predicted molar refractivity (Wildman–Crippen MR) is 80.7 cm³/mol. The van der Waals surface area contributed by atoms with Gasteiger partial charge >= 0.3 is 5.97 Å². The van der Waals surface area contributed by atoms with E-state index in [1.165, 1.54) is 0 Å². The highest BCUT2D eigenvalue weighted by Crippen LogP contribution is 2.43. The normalized spacial score (nSPS) is 16.4. The van der Waals surface area contributed by atoms with Gasteiger partial charge in [0.15, 0.2) is 5.78 Å². The lowest BCUT2D eigenvalue weighted by Crippen LogP contribution is -2.29. The molecule has 22 heavy (non-hydrogen) atoms. The Morgan fingerprint density at radius 1 is 1.41 bits per heavy atom. The summed E-state index contributed by atoms with van der Waals surface area (Å²) >= 11 is 0. The molecule has 5 heteroatoms. The Kier molecular flexibility index (Phi) is 3.30. The zero-order valence-corrected chi connectivity index (χ0v) is 12.3. The monoisotopic (exact) mass is 294 g/mol. The molecule has 2 aliphatic heterocycles. The molecule has 110 valence electrons. The third-order valence-electron chi connectivity index (χ3n) is 3.89. The second kappa shape index (κ2) is 5.15. The SMILES string of the molecule is CCOC(=O)C1=C(C)c2ccccc2N2CC(=O)C(C#N)=C12. The van der Waals surface area contributed by atoms with Crippen LogP contribution in [0.15, 0.2) is 41.1 Å². The highest BCUT2D eigenvalue weighted by Gasteiger charge is 2.40. The summed E-state index contributed by atoms with van der Waals surface area (Å²) in [5, 5.41) is 9.31. The Morgan fingerprint density at radius 2 is 2.14 bits per heavy atom. The van der Waals surface area contributed by atoms with E-state index in [0.29, 0.717) is 11.3 Å². The minimum Gasteiger partial charge on any atom is -0.462 e. The first kappa shape index (κ1) is 14.1. The number of carbonyl (C=O) groups is 2. The van der Waals surface area contributed by atoms with Crippen LogP contribution in [0.25, 0.3) is 5.57 Å². The maximum Gasteiger partial charge on any atom is 0.340 e. The number of allylic oxidation sites excluding steroid dienone is 1. The van der Waals surface area contributed by atoms with E-state index in [0.717, 1.165) is 16.8 Å². The molecule has 2 aliphatic rings. The first-order valence-corrected chi connectivity index (χ1v) is 7.03. The Balaban J connectivity index is 2.32. The lowest BCUT2D eigenvalue weighted by atomic mass is 9.91. The number of hydrogen-bond donors (Lipinski definition) is 0. The Bertz CT molecular complexity index is 796. The molecule has 0 unspecified atom stereocenters. The van der Waals surface area contributed by atoms with Crippen LogP contribution in [-0.2, 0) is 14.3 Å². The lowest BCUT2D eigenvalue weighted by molar-refractivity contribution is -0.138. The van der Waals surface area contributed by atoms with E-state index in [1.807, 2.05) is 37.3 Å². The van der Waals surface area contributed by atoms with Crippen LogP contribution in [0, 0.1) is 11.3 Å². The fourth-order valence-corrected chi connectivity index (χ4v) is 2.94. The van der Waals surface area contributed by atoms with Crippen molar-refractivity contribution in [3.8, 4) is 6.07 Å². The van der Waals surface area contributed by atoms with Gasteiger partial charge in [0, 0.05) is 11.3 Å². The summed E-state index contributed by atoms with van der Waals surface area (Å²) in [6.45, 7) is 3.85. The zero-order chi connectivity index (χ0) is 15.9. The summed E-state index contributed by atoms with van der Waals surface area (Å²) in [6, 6.07) is 9.47. The van der Waals surface area contributed by atoms with Crippen LogP contribution in [0.5, 0.6) is 0 Å². The number of benzene rings is 1. The number of nitriles is 1. The van der Waals surface area contributed by atoms with Gasteiger partial charge in [-0.05, 0) is 25.5 Å². The number of carbonyl (C=O) groups excluding carboxylic acids is 2. The number of Topliss-reactive ketones (excluding diaryl/α,β-unsaturated/α-hetero) is 1. The van der Waals surface area contributed by atoms with E-state index in [4.69, 9.17) is 4.74 Å². The summed E-state index contributed by atoms with van der Waals surface area (Å²) in [6.07, 6.45) is 0. The predicted octanol–water partition coefficient (Wildman–Crippen LogP) is 2.20. The van der Waals surface area contributed by atoms with Crippen molar-refractivity contribution in [3.63, 3.8) is 0 Å². The van der Waals surface area contributed by atoms with E-state index in [2.05, 4.69) is 0 Å². The molecule has 0 fully saturated rings. The number of fused-ring (bicyclic) bond motifs is 3. The summed E-state index contributed by atoms with van der Waals surface area (Å²) in [5.41, 5.74) is 3.15. The van der Waals surface area contributed by atoms with E-state index in [9.17, 15) is 14.9 Å². The number of rotatable bonds is 2. The third kappa shape index (κ3) is 1.85. The van der Waals surface area contributed by atoms with Gasteiger partial charge in [-0.25, -0.2) is 4.79 Å². The fraction of sp³-hybridized carbons (Fsp3) is 0.235. The molecule has 1 aromatic rings. The van der Waals surface area contributed by atoms with Gasteiger partial charge < -0.3 is 9.64 Å². The van der Waals surface area contributed by atoms with Crippen LogP contribution in [-0.4, -0.2) is 24.9 Å². The smallest absolute Gasteiger partial charge is 0.340 e. The zero-order valence-electron chi connectivity index (χ0n) is 12.3. The number of para-hydroxylation sites is 1. The van der Waals surface area contributed by atoms with Crippen molar-refractivity contribution in [3.05, 3.63) is 46.7 Å². The minimum absolute atomic E-state index is 0.0249. The molecular weight excluding hydrogens is 280 g/mol. The number of hydrogen-bond acceptors (Lipinski definition) is 5. The molecule has 5 nitrogen and oxygen atoms in total.